The molecule has 2 aromatic carbocycles. The van der Waals surface area contributed by atoms with Crippen molar-refractivity contribution in [1.29, 1.82) is 0 Å². The molecule has 0 spiro atoms. The minimum Gasteiger partial charge on any atom is -0.495 e. The monoisotopic (exact) mass is 530 g/mol. The second-order valence-electron chi connectivity index (χ2n) is 8.11. The average Bonchev–Trinajstić information content (AvgIpc) is 3.09. The van der Waals surface area contributed by atoms with Crippen LogP contribution in [-0.2, 0) is 20.5 Å². The van der Waals surface area contributed by atoms with Gasteiger partial charge in [0.2, 0.25) is 0 Å². The van der Waals surface area contributed by atoms with Gasteiger partial charge in [0.25, 0.3) is 5.91 Å². The number of aliphatic imine (C=N–C) groups is 1. The molecule has 11 heteroatoms. The minimum absolute atomic E-state index is 0. The first-order valence-corrected chi connectivity index (χ1v) is 12.5. The molecule has 1 aromatic heterocycles. The number of carbonyl (C=O) groups is 1. The highest BCUT2D eigenvalue weighted by molar-refractivity contribution is 7.87. The summed E-state index contributed by atoms with van der Waals surface area (Å²) >= 11 is 0. The van der Waals surface area contributed by atoms with E-state index >= 15 is 0 Å². The summed E-state index contributed by atoms with van der Waals surface area (Å²) in [6, 6.07) is 15.5. The van der Waals surface area contributed by atoms with Crippen LogP contribution in [0.1, 0.15) is 24.5 Å². The van der Waals surface area contributed by atoms with Crippen molar-refractivity contribution in [2.24, 2.45) is 10.7 Å². The highest BCUT2D eigenvalue weighted by atomic mass is 35.5. The standard InChI is InChI=1S/C25H26N4O5S.ClH/c1-4-12-35(31,32)34-21-10-8-19(9-11-21)25(23(30)29(2)24(26)28-25)20-7-5-6-17(13-20)18-14-22(33-3)16-27-15-18;/h5-11,13-16H,4,12H2,1-3H3,(H2,26,28);1H. The van der Waals surface area contributed by atoms with Crippen LogP contribution in [0.2, 0.25) is 0 Å². The van der Waals surface area contributed by atoms with E-state index in [4.69, 9.17) is 14.7 Å². The van der Waals surface area contributed by atoms with Crippen LogP contribution < -0.4 is 14.7 Å². The number of rotatable bonds is 8. The molecule has 1 aliphatic heterocycles. The lowest BCUT2D eigenvalue weighted by atomic mass is 9.82. The molecule has 1 unspecified atom stereocenters. The molecule has 9 nitrogen and oxygen atoms in total. The summed E-state index contributed by atoms with van der Waals surface area (Å²) in [6.45, 7) is 1.76. The van der Waals surface area contributed by atoms with Gasteiger partial charge < -0.3 is 14.7 Å². The average molecular weight is 531 g/mol. The number of nitrogens with two attached hydrogens (primary N) is 1. The highest BCUT2D eigenvalue weighted by Gasteiger charge is 2.49. The molecule has 1 amide bonds. The molecule has 0 saturated carbocycles. The maximum absolute atomic E-state index is 13.6. The summed E-state index contributed by atoms with van der Waals surface area (Å²) in [5, 5.41) is 0. The van der Waals surface area contributed by atoms with Crippen molar-refractivity contribution >= 4 is 34.4 Å². The van der Waals surface area contributed by atoms with Crippen molar-refractivity contribution in [3.05, 3.63) is 78.1 Å². The van der Waals surface area contributed by atoms with Crippen molar-refractivity contribution in [2.45, 2.75) is 18.9 Å². The van der Waals surface area contributed by atoms with E-state index in [2.05, 4.69) is 9.98 Å². The summed E-state index contributed by atoms with van der Waals surface area (Å²) in [5.74, 6) is 0.423. The highest BCUT2D eigenvalue weighted by Crippen LogP contribution is 2.41. The molecule has 190 valence electrons. The van der Waals surface area contributed by atoms with Crippen LogP contribution in [0.4, 0.5) is 0 Å². The number of hydrogen-bond acceptors (Lipinski definition) is 8. The normalized spacial score (nSPS) is 17.4. The van der Waals surface area contributed by atoms with Crippen molar-refractivity contribution < 1.29 is 22.1 Å². The Bertz CT molecular complexity index is 1400. The van der Waals surface area contributed by atoms with Gasteiger partial charge in [0, 0.05) is 18.8 Å². The molecule has 0 bridgehead atoms. The molecule has 2 heterocycles. The van der Waals surface area contributed by atoms with E-state index in [1.165, 1.54) is 17.0 Å². The van der Waals surface area contributed by atoms with Crippen LogP contribution in [0.5, 0.6) is 11.5 Å². The van der Waals surface area contributed by atoms with E-state index in [0.29, 0.717) is 23.3 Å². The molecular weight excluding hydrogens is 504 g/mol. The largest absolute Gasteiger partial charge is 0.495 e. The Kier molecular flexibility index (Phi) is 7.90. The van der Waals surface area contributed by atoms with Gasteiger partial charge >= 0.3 is 10.1 Å². The van der Waals surface area contributed by atoms with E-state index in [9.17, 15) is 13.2 Å². The topological polar surface area (TPSA) is 124 Å². The smallest absolute Gasteiger partial charge is 0.309 e. The second kappa shape index (κ2) is 10.5. The number of hydrogen-bond donors (Lipinski definition) is 1. The third kappa shape index (κ3) is 5.00. The van der Waals surface area contributed by atoms with Crippen LogP contribution in [0.15, 0.2) is 72.0 Å². The van der Waals surface area contributed by atoms with Gasteiger partial charge in [0.05, 0.1) is 19.1 Å². The first kappa shape index (κ1) is 27.0. The van der Waals surface area contributed by atoms with Crippen LogP contribution in [0.25, 0.3) is 11.1 Å². The van der Waals surface area contributed by atoms with Gasteiger partial charge in [-0.05, 0) is 47.4 Å². The molecular formula is C25H27ClN4O5S. The Morgan fingerprint density at radius 3 is 2.33 bits per heavy atom. The lowest BCUT2D eigenvalue weighted by Crippen LogP contribution is -2.41. The van der Waals surface area contributed by atoms with E-state index < -0.39 is 15.7 Å². The van der Waals surface area contributed by atoms with Gasteiger partial charge in [0.15, 0.2) is 11.5 Å². The molecule has 36 heavy (non-hydrogen) atoms. The molecule has 0 radical (unpaired) electrons. The SMILES string of the molecule is CCCS(=O)(=O)Oc1ccc(C2(c3cccc(-c4cncc(OC)c4)c3)N=C(N)N(C)C2=O)cc1.Cl. The molecule has 0 saturated heterocycles. The molecule has 3 aromatic rings. The maximum Gasteiger partial charge on any atom is 0.309 e. The Labute approximate surface area is 216 Å². The van der Waals surface area contributed by atoms with E-state index in [1.807, 2.05) is 24.3 Å². The second-order valence-corrected chi connectivity index (χ2v) is 9.80. The van der Waals surface area contributed by atoms with Crippen molar-refractivity contribution in [1.82, 2.24) is 9.88 Å². The maximum atomic E-state index is 13.6. The number of halogens is 1. The fraction of sp³-hybridized carbons (Fsp3) is 0.240. The van der Waals surface area contributed by atoms with E-state index in [-0.39, 0.29) is 35.8 Å². The van der Waals surface area contributed by atoms with Gasteiger partial charge in [0.1, 0.15) is 11.5 Å². The first-order valence-electron chi connectivity index (χ1n) is 11.0. The molecule has 1 aliphatic rings. The van der Waals surface area contributed by atoms with Gasteiger partial charge in [-0.3, -0.25) is 14.7 Å². The molecule has 0 aliphatic carbocycles. The zero-order chi connectivity index (χ0) is 25.2. The zero-order valence-electron chi connectivity index (χ0n) is 20.0. The lowest BCUT2D eigenvalue weighted by Gasteiger charge is -2.26. The molecule has 2 N–H and O–H groups in total. The summed E-state index contributed by atoms with van der Waals surface area (Å²) in [4.78, 5) is 23.7. The van der Waals surface area contributed by atoms with Gasteiger partial charge in [-0.1, -0.05) is 37.3 Å². The third-order valence-corrected chi connectivity index (χ3v) is 7.11. The van der Waals surface area contributed by atoms with Crippen molar-refractivity contribution in [3.63, 3.8) is 0 Å². The number of ether oxygens (including phenoxy) is 1. The number of pyridine rings is 1. The van der Waals surface area contributed by atoms with Crippen molar-refractivity contribution in [2.75, 3.05) is 19.9 Å². The Balaban J connectivity index is 0.00000361. The number of guanidine groups is 1. The predicted molar refractivity (Wildman–Crippen MR) is 140 cm³/mol. The quantitative estimate of drug-likeness (QED) is 0.443. The van der Waals surface area contributed by atoms with Crippen LogP contribution in [0, 0.1) is 0 Å². The molecule has 4 rings (SSSR count). The van der Waals surface area contributed by atoms with Gasteiger partial charge in [-0.15, -0.1) is 12.4 Å². The Morgan fingerprint density at radius 1 is 1.00 bits per heavy atom. The van der Waals surface area contributed by atoms with Crippen LogP contribution >= 0.6 is 12.4 Å². The lowest BCUT2D eigenvalue weighted by molar-refractivity contribution is -0.129. The minimum atomic E-state index is -3.69. The first-order chi connectivity index (χ1) is 16.7. The fourth-order valence-corrected chi connectivity index (χ4v) is 4.97. The van der Waals surface area contributed by atoms with Gasteiger partial charge in [-0.25, -0.2) is 4.99 Å². The summed E-state index contributed by atoms with van der Waals surface area (Å²) < 4.78 is 34.5. The number of nitrogens with zero attached hydrogens (tertiary/aromatic N) is 3. The molecule has 1 atom stereocenters. The summed E-state index contributed by atoms with van der Waals surface area (Å²) in [6.07, 6.45) is 3.76. The van der Waals surface area contributed by atoms with E-state index in [0.717, 1.165) is 11.1 Å². The molecule has 0 fully saturated rings. The van der Waals surface area contributed by atoms with Crippen LogP contribution in [-0.4, -0.2) is 50.1 Å². The van der Waals surface area contributed by atoms with Gasteiger partial charge in [-0.2, -0.15) is 8.42 Å². The predicted octanol–water partition coefficient (Wildman–Crippen LogP) is 3.33. The number of amides is 1. The number of aromatic nitrogens is 1. The fourth-order valence-electron chi connectivity index (χ4n) is 3.99. The van der Waals surface area contributed by atoms with Crippen molar-refractivity contribution in [3.8, 4) is 22.6 Å². The summed E-state index contributed by atoms with van der Waals surface area (Å²) in [5.41, 5.74) is 7.38. The Morgan fingerprint density at radius 2 is 1.72 bits per heavy atom. The number of benzene rings is 2. The zero-order valence-corrected chi connectivity index (χ0v) is 21.7. The Hall–Kier alpha value is -3.63. The van der Waals surface area contributed by atoms with Crippen LogP contribution in [0.3, 0.4) is 0 Å². The third-order valence-electron chi connectivity index (χ3n) is 5.75. The summed E-state index contributed by atoms with van der Waals surface area (Å²) in [7, 11) is -0.563. The van der Waals surface area contributed by atoms with E-state index in [1.54, 1.807) is 51.7 Å². The number of likely N-dealkylation sites (N-methyl/N-ethyl adjacent to an activating group) is 1. The number of methoxy groups -OCH3 is 1. The number of carbonyl (C=O) groups excluding carboxylic acids is 1.